The number of nitrogens with zero attached hydrogens (tertiary/aromatic N) is 2. The number of aromatic nitrogens is 1. The number of aryl methyl sites for hydroxylation is 2. The third-order valence-corrected chi connectivity index (χ3v) is 4.57. The maximum atomic E-state index is 12.7. The topological polar surface area (TPSA) is 62.3 Å². The van der Waals surface area contributed by atoms with Crippen molar-refractivity contribution >= 4 is 17.5 Å². The Labute approximate surface area is 165 Å². The number of carbonyl (C=O) groups excluding carboxylic acids is 2. The van der Waals surface area contributed by atoms with Gasteiger partial charge in [0.25, 0.3) is 11.8 Å². The highest BCUT2D eigenvalue weighted by Gasteiger charge is 2.16. The Balaban J connectivity index is 1.72. The second kappa shape index (κ2) is 8.48. The van der Waals surface area contributed by atoms with Crippen molar-refractivity contribution in [3.05, 3.63) is 94.8 Å². The average Bonchev–Trinajstić information content (AvgIpc) is 2.71. The van der Waals surface area contributed by atoms with Crippen LogP contribution in [0.1, 0.15) is 37.7 Å². The van der Waals surface area contributed by atoms with Gasteiger partial charge in [0.1, 0.15) is 11.4 Å². The van der Waals surface area contributed by atoms with Crippen LogP contribution in [0.2, 0.25) is 0 Å². The van der Waals surface area contributed by atoms with Crippen LogP contribution in [0.4, 0.5) is 5.69 Å². The number of pyridine rings is 1. The molecule has 0 atom stereocenters. The summed E-state index contributed by atoms with van der Waals surface area (Å²) in [6, 6.07) is 20.3. The molecule has 5 nitrogen and oxygen atoms in total. The van der Waals surface area contributed by atoms with Gasteiger partial charge >= 0.3 is 0 Å². The van der Waals surface area contributed by atoms with Crippen molar-refractivity contribution in [2.75, 3.05) is 12.4 Å². The Morgan fingerprint density at radius 1 is 0.893 bits per heavy atom. The van der Waals surface area contributed by atoms with Gasteiger partial charge in [-0.2, -0.15) is 0 Å². The number of benzene rings is 2. The Hall–Kier alpha value is -3.47. The van der Waals surface area contributed by atoms with Crippen molar-refractivity contribution in [2.45, 2.75) is 20.4 Å². The lowest BCUT2D eigenvalue weighted by Crippen LogP contribution is -2.27. The van der Waals surface area contributed by atoms with E-state index in [1.165, 1.54) is 0 Å². The fourth-order valence-corrected chi connectivity index (χ4v) is 2.82. The fraction of sp³-hybridized carbons (Fsp3) is 0.174. The monoisotopic (exact) mass is 373 g/mol. The number of hydrogen-bond donors (Lipinski definition) is 1. The molecule has 0 saturated carbocycles. The lowest BCUT2D eigenvalue weighted by Gasteiger charge is -2.17. The van der Waals surface area contributed by atoms with E-state index in [2.05, 4.69) is 10.3 Å². The Morgan fingerprint density at radius 2 is 1.61 bits per heavy atom. The molecular formula is C23H23N3O2. The van der Waals surface area contributed by atoms with E-state index in [-0.39, 0.29) is 23.2 Å². The van der Waals surface area contributed by atoms with E-state index in [1.807, 2.05) is 62.4 Å². The second-order valence-corrected chi connectivity index (χ2v) is 6.81. The van der Waals surface area contributed by atoms with E-state index < -0.39 is 0 Å². The van der Waals surface area contributed by atoms with Gasteiger partial charge in [0.05, 0.1) is 0 Å². The molecule has 2 aromatic carbocycles. The highest BCUT2D eigenvalue weighted by molar-refractivity contribution is 6.03. The van der Waals surface area contributed by atoms with Crippen molar-refractivity contribution in [3.63, 3.8) is 0 Å². The third-order valence-electron chi connectivity index (χ3n) is 4.57. The molecule has 0 unspecified atom stereocenters. The van der Waals surface area contributed by atoms with Crippen LogP contribution in [0, 0.1) is 13.8 Å². The maximum Gasteiger partial charge on any atom is 0.274 e. The van der Waals surface area contributed by atoms with Crippen LogP contribution in [0.5, 0.6) is 0 Å². The number of carbonyl (C=O) groups is 2. The van der Waals surface area contributed by atoms with Gasteiger partial charge in [-0.1, -0.05) is 42.5 Å². The first-order valence-electron chi connectivity index (χ1n) is 9.09. The lowest BCUT2D eigenvalue weighted by atomic mass is 10.1. The molecule has 0 aliphatic rings. The fourth-order valence-electron chi connectivity index (χ4n) is 2.82. The lowest BCUT2D eigenvalue weighted by molar-refractivity contribution is 0.0779. The zero-order valence-corrected chi connectivity index (χ0v) is 16.3. The minimum Gasteiger partial charge on any atom is -0.336 e. The molecule has 0 fully saturated rings. The second-order valence-electron chi connectivity index (χ2n) is 6.81. The smallest absolute Gasteiger partial charge is 0.274 e. The van der Waals surface area contributed by atoms with Gasteiger partial charge in [-0.15, -0.1) is 0 Å². The molecule has 1 heterocycles. The van der Waals surface area contributed by atoms with E-state index in [0.29, 0.717) is 12.2 Å². The van der Waals surface area contributed by atoms with Crippen molar-refractivity contribution in [1.82, 2.24) is 9.88 Å². The molecule has 0 aliphatic carbocycles. The van der Waals surface area contributed by atoms with Gasteiger partial charge in [-0.25, -0.2) is 4.98 Å². The molecule has 0 aliphatic heterocycles. The summed E-state index contributed by atoms with van der Waals surface area (Å²) in [5.74, 6) is -0.576. The highest BCUT2D eigenvalue weighted by Crippen LogP contribution is 2.15. The van der Waals surface area contributed by atoms with Gasteiger partial charge in [0.2, 0.25) is 0 Å². The average molecular weight is 373 g/mol. The van der Waals surface area contributed by atoms with E-state index in [0.717, 1.165) is 16.7 Å². The highest BCUT2D eigenvalue weighted by atomic mass is 16.2. The molecule has 0 saturated heterocycles. The van der Waals surface area contributed by atoms with Crippen LogP contribution in [-0.4, -0.2) is 28.7 Å². The van der Waals surface area contributed by atoms with Gasteiger partial charge in [-0.3, -0.25) is 9.59 Å². The first-order valence-corrected chi connectivity index (χ1v) is 9.09. The van der Waals surface area contributed by atoms with Crippen molar-refractivity contribution < 1.29 is 9.59 Å². The summed E-state index contributed by atoms with van der Waals surface area (Å²) in [4.78, 5) is 31.1. The molecule has 3 aromatic rings. The zero-order chi connectivity index (χ0) is 20.1. The van der Waals surface area contributed by atoms with E-state index in [1.54, 1.807) is 30.1 Å². The quantitative estimate of drug-likeness (QED) is 0.728. The summed E-state index contributed by atoms with van der Waals surface area (Å²) >= 11 is 0. The van der Waals surface area contributed by atoms with Crippen LogP contribution in [0.15, 0.2) is 66.7 Å². The van der Waals surface area contributed by atoms with Crippen LogP contribution < -0.4 is 5.32 Å². The van der Waals surface area contributed by atoms with E-state index in [4.69, 9.17) is 0 Å². The number of hydrogen-bond acceptors (Lipinski definition) is 3. The minimum absolute atomic E-state index is 0.206. The first-order chi connectivity index (χ1) is 13.4. The predicted molar refractivity (Wildman–Crippen MR) is 110 cm³/mol. The summed E-state index contributed by atoms with van der Waals surface area (Å²) in [7, 11) is 1.72. The van der Waals surface area contributed by atoms with E-state index in [9.17, 15) is 9.59 Å². The Kier molecular flexibility index (Phi) is 5.84. The van der Waals surface area contributed by atoms with Crippen LogP contribution in [-0.2, 0) is 6.54 Å². The zero-order valence-electron chi connectivity index (χ0n) is 16.3. The molecule has 3 rings (SSSR count). The van der Waals surface area contributed by atoms with Gasteiger partial charge in [0, 0.05) is 19.3 Å². The largest absolute Gasteiger partial charge is 0.336 e. The normalized spacial score (nSPS) is 10.4. The summed E-state index contributed by atoms with van der Waals surface area (Å²) in [5, 5.41) is 2.84. The van der Waals surface area contributed by atoms with Gasteiger partial charge < -0.3 is 10.2 Å². The molecule has 5 heteroatoms. The molecule has 0 bridgehead atoms. The van der Waals surface area contributed by atoms with Crippen LogP contribution in [0.3, 0.4) is 0 Å². The molecule has 0 spiro atoms. The first kappa shape index (κ1) is 19.3. The Morgan fingerprint density at radius 3 is 2.32 bits per heavy atom. The molecule has 2 amide bonds. The molecule has 28 heavy (non-hydrogen) atoms. The summed E-state index contributed by atoms with van der Waals surface area (Å²) in [6.45, 7) is 4.48. The molecule has 1 aromatic heterocycles. The van der Waals surface area contributed by atoms with Crippen molar-refractivity contribution in [2.24, 2.45) is 0 Å². The number of amides is 2. The molecular weight excluding hydrogens is 350 g/mol. The van der Waals surface area contributed by atoms with Crippen molar-refractivity contribution in [3.8, 4) is 0 Å². The van der Waals surface area contributed by atoms with E-state index >= 15 is 0 Å². The number of anilines is 1. The maximum absolute atomic E-state index is 12.7. The SMILES string of the molecule is Cc1ccc(NC(=O)c2cccc(C(=O)N(C)Cc3ccccc3)n2)cc1C. The van der Waals surface area contributed by atoms with Crippen molar-refractivity contribution in [1.29, 1.82) is 0 Å². The number of rotatable bonds is 5. The molecule has 1 N–H and O–H groups in total. The minimum atomic E-state index is -0.344. The molecule has 142 valence electrons. The van der Waals surface area contributed by atoms with Crippen LogP contribution in [0.25, 0.3) is 0 Å². The standard InChI is InChI=1S/C23H23N3O2/c1-16-12-13-19(14-17(16)2)24-22(27)20-10-7-11-21(25-20)23(28)26(3)15-18-8-5-4-6-9-18/h4-14H,15H2,1-3H3,(H,24,27). The van der Waals surface area contributed by atoms with Crippen LogP contribution >= 0.6 is 0 Å². The van der Waals surface area contributed by atoms with Gasteiger partial charge in [0.15, 0.2) is 0 Å². The summed E-state index contributed by atoms with van der Waals surface area (Å²) in [5.41, 5.74) is 4.43. The summed E-state index contributed by atoms with van der Waals surface area (Å²) < 4.78 is 0. The Bertz CT molecular complexity index is 1000. The van der Waals surface area contributed by atoms with Gasteiger partial charge in [-0.05, 0) is 54.8 Å². The third kappa shape index (κ3) is 4.62. The molecule has 0 radical (unpaired) electrons. The number of nitrogens with one attached hydrogen (secondary N) is 1. The predicted octanol–water partition coefficient (Wildman–Crippen LogP) is 4.22. The summed E-state index contributed by atoms with van der Waals surface area (Å²) in [6.07, 6.45) is 0.